The molecule has 0 aliphatic heterocycles. The molecule has 3 N–H and O–H groups in total. The molecule has 0 saturated carbocycles. The van der Waals surface area contributed by atoms with Crippen LogP contribution in [0.3, 0.4) is 0 Å². The molecule has 2 heterocycles. The SMILES string of the molecule is CC(=O)Nc1nc(C(=O)NC(C(=O)O)c2cccs2)cs1. The number of carboxylic acid groups (broad SMARTS) is 1. The summed E-state index contributed by atoms with van der Waals surface area (Å²) in [5.74, 6) is -2.05. The maximum Gasteiger partial charge on any atom is 0.331 e. The lowest BCUT2D eigenvalue weighted by atomic mass is 10.2. The number of rotatable bonds is 5. The summed E-state index contributed by atoms with van der Waals surface area (Å²) in [6.45, 7) is 1.33. The fraction of sp³-hybridized carbons (Fsp3) is 0.167. The smallest absolute Gasteiger partial charge is 0.331 e. The second-order valence-electron chi connectivity index (χ2n) is 3.98. The summed E-state index contributed by atoms with van der Waals surface area (Å²) in [5.41, 5.74) is 0.0616. The largest absolute Gasteiger partial charge is 0.479 e. The fourth-order valence-corrected chi connectivity index (χ4v) is 3.01. The number of aliphatic carboxylic acids is 1. The molecule has 0 aromatic carbocycles. The zero-order valence-electron chi connectivity index (χ0n) is 10.8. The third-order valence-corrected chi connectivity index (χ3v) is 4.06. The average molecular weight is 325 g/mol. The van der Waals surface area contributed by atoms with Crippen LogP contribution in [0.4, 0.5) is 5.13 Å². The molecular weight excluding hydrogens is 314 g/mol. The first kappa shape index (κ1) is 15.1. The summed E-state index contributed by atoms with van der Waals surface area (Å²) < 4.78 is 0. The molecule has 2 rings (SSSR count). The normalized spacial score (nSPS) is 11.7. The van der Waals surface area contributed by atoms with Gasteiger partial charge in [-0.25, -0.2) is 9.78 Å². The van der Waals surface area contributed by atoms with E-state index >= 15 is 0 Å². The molecule has 0 aliphatic rings. The summed E-state index contributed by atoms with van der Waals surface area (Å²) >= 11 is 2.33. The van der Waals surface area contributed by atoms with E-state index in [-0.39, 0.29) is 16.7 Å². The summed E-state index contributed by atoms with van der Waals surface area (Å²) in [7, 11) is 0. The van der Waals surface area contributed by atoms with Crippen LogP contribution < -0.4 is 10.6 Å². The monoisotopic (exact) mass is 325 g/mol. The molecule has 2 amide bonds. The van der Waals surface area contributed by atoms with E-state index in [4.69, 9.17) is 0 Å². The van der Waals surface area contributed by atoms with Crippen molar-refractivity contribution in [2.24, 2.45) is 0 Å². The Morgan fingerprint density at radius 2 is 2.10 bits per heavy atom. The van der Waals surface area contributed by atoms with E-state index in [0.717, 1.165) is 11.3 Å². The van der Waals surface area contributed by atoms with Gasteiger partial charge in [-0.1, -0.05) is 6.07 Å². The van der Waals surface area contributed by atoms with Gasteiger partial charge in [-0.05, 0) is 11.4 Å². The highest BCUT2D eigenvalue weighted by atomic mass is 32.1. The Bertz CT molecular complexity index is 666. The van der Waals surface area contributed by atoms with Gasteiger partial charge >= 0.3 is 5.97 Å². The van der Waals surface area contributed by atoms with Gasteiger partial charge < -0.3 is 15.7 Å². The lowest BCUT2D eigenvalue weighted by Gasteiger charge is -2.11. The standard InChI is InChI=1S/C12H11N3O4S2/c1-6(16)13-12-14-7(5-21-12)10(17)15-9(11(18)19)8-3-2-4-20-8/h2-5,9H,1H3,(H,15,17)(H,18,19)(H,13,14,16). The van der Waals surface area contributed by atoms with E-state index in [1.165, 1.54) is 23.6 Å². The number of nitrogens with zero attached hydrogens (tertiary/aromatic N) is 1. The van der Waals surface area contributed by atoms with Crippen molar-refractivity contribution in [3.63, 3.8) is 0 Å². The third kappa shape index (κ3) is 3.86. The molecule has 0 radical (unpaired) electrons. The molecule has 0 fully saturated rings. The van der Waals surface area contributed by atoms with Gasteiger partial charge in [0.25, 0.3) is 5.91 Å². The van der Waals surface area contributed by atoms with Crippen LogP contribution in [0.25, 0.3) is 0 Å². The number of thiazole rings is 1. The number of hydrogen-bond acceptors (Lipinski definition) is 6. The highest BCUT2D eigenvalue weighted by Gasteiger charge is 2.24. The fourth-order valence-electron chi connectivity index (χ4n) is 1.50. The van der Waals surface area contributed by atoms with Crippen LogP contribution in [-0.4, -0.2) is 27.9 Å². The van der Waals surface area contributed by atoms with E-state index in [9.17, 15) is 19.5 Å². The summed E-state index contributed by atoms with van der Waals surface area (Å²) in [6, 6.07) is 2.22. The first-order valence-corrected chi connectivity index (χ1v) is 7.53. The second-order valence-corrected chi connectivity index (χ2v) is 5.82. The molecule has 0 bridgehead atoms. The molecule has 2 aromatic rings. The minimum absolute atomic E-state index is 0.0616. The second kappa shape index (κ2) is 6.46. The number of aromatic nitrogens is 1. The van der Waals surface area contributed by atoms with Crippen LogP contribution in [0, 0.1) is 0 Å². The number of amides is 2. The van der Waals surface area contributed by atoms with Crippen LogP contribution >= 0.6 is 22.7 Å². The molecular formula is C12H11N3O4S2. The highest BCUT2D eigenvalue weighted by molar-refractivity contribution is 7.14. The average Bonchev–Trinajstić information content (AvgIpc) is 3.05. The topological polar surface area (TPSA) is 108 Å². The molecule has 7 nitrogen and oxygen atoms in total. The van der Waals surface area contributed by atoms with E-state index in [2.05, 4.69) is 15.6 Å². The Balaban J connectivity index is 2.10. The highest BCUT2D eigenvalue weighted by Crippen LogP contribution is 2.21. The number of carboxylic acids is 1. The molecule has 1 atom stereocenters. The van der Waals surface area contributed by atoms with E-state index < -0.39 is 17.9 Å². The minimum Gasteiger partial charge on any atom is -0.479 e. The van der Waals surface area contributed by atoms with Gasteiger partial charge in [0.2, 0.25) is 5.91 Å². The number of carbonyl (C=O) groups excluding carboxylic acids is 2. The number of thiophene rings is 1. The molecule has 110 valence electrons. The van der Waals surface area contributed by atoms with Crippen LogP contribution in [0.2, 0.25) is 0 Å². The van der Waals surface area contributed by atoms with Crippen molar-refractivity contribution in [3.8, 4) is 0 Å². The maximum absolute atomic E-state index is 12.0. The maximum atomic E-state index is 12.0. The molecule has 21 heavy (non-hydrogen) atoms. The predicted octanol–water partition coefficient (Wildman–Crippen LogP) is 1.72. The lowest BCUT2D eigenvalue weighted by molar-refractivity contribution is -0.139. The zero-order valence-corrected chi connectivity index (χ0v) is 12.5. The minimum atomic E-state index is -1.15. The molecule has 1 unspecified atom stereocenters. The Labute approximate surface area is 127 Å². The van der Waals surface area contributed by atoms with Crippen LogP contribution in [0.5, 0.6) is 0 Å². The van der Waals surface area contributed by atoms with Crippen molar-refractivity contribution in [2.75, 3.05) is 5.32 Å². The van der Waals surface area contributed by atoms with Crippen LogP contribution in [0.1, 0.15) is 28.3 Å². The van der Waals surface area contributed by atoms with Gasteiger partial charge in [0.05, 0.1) is 0 Å². The summed E-state index contributed by atoms with van der Waals surface area (Å²) in [6.07, 6.45) is 0. The Kier molecular flexibility index (Phi) is 4.66. The predicted molar refractivity (Wildman–Crippen MR) is 78.6 cm³/mol. The number of hydrogen-bond donors (Lipinski definition) is 3. The Morgan fingerprint density at radius 1 is 1.33 bits per heavy atom. The van der Waals surface area contributed by atoms with Crippen molar-refractivity contribution in [1.29, 1.82) is 0 Å². The van der Waals surface area contributed by atoms with E-state index in [0.29, 0.717) is 4.88 Å². The van der Waals surface area contributed by atoms with Crippen molar-refractivity contribution < 1.29 is 19.5 Å². The lowest BCUT2D eigenvalue weighted by Crippen LogP contribution is -2.33. The van der Waals surface area contributed by atoms with Gasteiger partial charge in [-0.2, -0.15) is 0 Å². The number of anilines is 1. The van der Waals surface area contributed by atoms with Crippen molar-refractivity contribution in [2.45, 2.75) is 13.0 Å². The molecule has 0 spiro atoms. The van der Waals surface area contributed by atoms with Gasteiger partial charge in [-0.3, -0.25) is 9.59 Å². The van der Waals surface area contributed by atoms with Crippen molar-refractivity contribution in [1.82, 2.24) is 10.3 Å². The number of carbonyl (C=O) groups is 3. The van der Waals surface area contributed by atoms with Gasteiger partial charge in [-0.15, -0.1) is 22.7 Å². The Hall–Kier alpha value is -2.26. The van der Waals surface area contributed by atoms with E-state index in [1.54, 1.807) is 17.5 Å². The zero-order chi connectivity index (χ0) is 15.4. The third-order valence-electron chi connectivity index (χ3n) is 2.37. The van der Waals surface area contributed by atoms with Crippen LogP contribution in [0.15, 0.2) is 22.9 Å². The van der Waals surface area contributed by atoms with Gasteiger partial charge in [0.15, 0.2) is 11.2 Å². The molecule has 0 saturated heterocycles. The Morgan fingerprint density at radius 3 is 2.67 bits per heavy atom. The van der Waals surface area contributed by atoms with Crippen molar-refractivity contribution in [3.05, 3.63) is 33.5 Å². The van der Waals surface area contributed by atoms with Crippen LogP contribution in [-0.2, 0) is 9.59 Å². The van der Waals surface area contributed by atoms with E-state index in [1.807, 2.05) is 0 Å². The van der Waals surface area contributed by atoms with Gasteiger partial charge in [0.1, 0.15) is 5.69 Å². The molecule has 0 aliphatic carbocycles. The quantitative estimate of drug-likeness (QED) is 0.775. The summed E-state index contributed by atoms with van der Waals surface area (Å²) in [4.78, 5) is 38.6. The summed E-state index contributed by atoms with van der Waals surface area (Å²) in [5, 5.41) is 17.5. The first-order valence-electron chi connectivity index (χ1n) is 5.77. The number of nitrogens with one attached hydrogen (secondary N) is 2. The molecule has 9 heteroatoms. The van der Waals surface area contributed by atoms with Crippen molar-refractivity contribution >= 4 is 45.6 Å². The first-order chi connectivity index (χ1) is 9.97. The molecule has 2 aromatic heterocycles. The van der Waals surface area contributed by atoms with Gasteiger partial charge in [0, 0.05) is 17.2 Å².